The molecule has 0 aliphatic carbocycles. The topological polar surface area (TPSA) is 55.5 Å². The number of ether oxygens (including phenoxy) is 1. The van der Waals surface area contributed by atoms with E-state index in [-0.39, 0.29) is 12.6 Å². The minimum atomic E-state index is -0.118. The molecule has 0 spiro atoms. The predicted molar refractivity (Wildman–Crippen MR) is 61.3 cm³/mol. The average molecular weight is 230 g/mol. The highest BCUT2D eigenvalue weighted by atomic mass is 35.5. The Morgan fingerprint density at radius 2 is 2.27 bits per heavy atom. The number of nitrogens with two attached hydrogens (primary N) is 1. The molecule has 1 aromatic rings. The van der Waals surface area contributed by atoms with Crippen molar-refractivity contribution in [1.29, 1.82) is 0 Å². The molecular formula is C11H16ClNO2. The van der Waals surface area contributed by atoms with Gasteiger partial charge >= 0.3 is 0 Å². The summed E-state index contributed by atoms with van der Waals surface area (Å²) in [6.07, 6.45) is 0.612. The van der Waals surface area contributed by atoms with E-state index in [1.165, 1.54) is 0 Å². The van der Waals surface area contributed by atoms with Gasteiger partial charge < -0.3 is 15.6 Å². The first-order chi connectivity index (χ1) is 7.15. The summed E-state index contributed by atoms with van der Waals surface area (Å²) >= 11 is 5.87. The molecule has 0 bridgehead atoms. The van der Waals surface area contributed by atoms with Gasteiger partial charge in [-0.05, 0) is 25.1 Å². The van der Waals surface area contributed by atoms with E-state index in [0.29, 0.717) is 18.1 Å². The molecule has 3 nitrogen and oxygen atoms in total. The van der Waals surface area contributed by atoms with Crippen LogP contribution in [0.1, 0.15) is 24.9 Å². The normalized spacial score (nSPS) is 12.5. The van der Waals surface area contributed by atoms with Crippen LogP contribution in [-0.2, 0) is 0 Å². The summed E-state index contributed by atoms with van der Waals surface area (Å²) < 4.78 is 5.50. The number of aliphatic hydroxyl groups is 1. The van der Waals surface area contributed by atoms with Gasteiger partial charge in [0.25, 0.3) is 0 Å². The SMILES string of the molecule is C[C@H](N)c1cc(Cl)ccc1OCCCO. The highest BCUT2D eigenvalue weighted by Gasteiger charge is 2.08. The lowest BCUT2D eigenvalue weighted by molar-refractivity contribution is 0.232. The Labute approximate surface area is 94.8 Å². The number of aliphatic hydroxyl groups excluding tert-OH is 1. The smallest absolute Gasteiger partial charge is 0.124 e. The van der Waals surface area contributed by atoms with E-state index in [1.807, 2.05) is 6.92 Å². The van der Waals surface area contributed by atoms with Crippen LogP contribution < -0.4 is 10.5 Å². The van der Waals surface area contributed by atoms with Gasteiger partial charge in [0, 0.05) is 29.7 Å². The van der Waals surface area contributed by atoms with E-state index in [1.54, 1.807) is 18.2 Å². The van der Waals surface area contributed by atoms with Crippen LogP contribution >= 0.6 is 11.6 Å². The van der Waals surface area contributed by atoms with Crippen LogP contribution in [0.5, 0.6) is 5.75 Å². The fraction of sp³-hybridized carbons (Fsp3) is 0.455. The number of halogens is 1. The molecular weight excluding hydrogens is 214 g/mol. The number of benzene rings is 1. The molecule has 0 amide bonds. The van der Waals surface area contributed by atoms with Gasteiger partial charge in [0.2, 0.25) is 0 Å². The van der Waals surface area contributed by atoms with E-state index in [0.717, 1.165) is 11.3 Å². The van der Waals surface area contributed by atoms with Crippen LogP contribution in [0, 0.1) is 0 Å². The molecule has 0 unspecified atom stereocenters. The Morgan fingerprint density at radius 3 is 2.87 bits per heavy atom. The molecule has 0 fully saturated rings. The fourth-order valence-electron chi connectivity index (χ4n) is 1.25. The molecule has 1 rings (SSSR count). The average Bonchev–Trinajstić information content (AvgIpc) is 2.20. The quantitative estimate of drug-likeness (QED) is 0.761. The molecule has 0 aliphatic rings. The first kappa shape index (κ1) is 12.3. The zero-order valence-electron chi connectivity index (χ0n) is 8.74. The van der Waals surface area contributed by atoms with E-state index in [4.69, 9.17) is 27.2 Å². The van der Waals surface area contributed by atoms with Crippen molar-refractivity contribution in [2.75, 3.05) is 13.2 Å². The second-order valence-electron chi connectivity index (χ2n) is 3.40. The van der Waals surface area contributed by atoms with E-state index in [9.17, 15) is 0 Å². The van der Waals surface area contributed by atoms with Crippen LogP contribution in [0.3, 0.4) is 0 Å². The Hall–Kier alpha value is -0.770. The largest absolute Gasteiger partial charge is 0.493 e. The molecule has 84 valence electrons. The van der Waals surface area contributed by atoms with Gasteiger partial charge in [0.05, 0.1) is 6.61 Å². The minimum absolute atomic E-state index is 0.118. The van der Waals surface area contributed by atoms with Crippen LogP contribution in [0.2, 0.25) is 5.02 Å². The van der Waals surface area contributed by atoms with Gasteiger partial charge in [-0.3, -0.25) is 0 Å². The van der Waals surface area contributed by atoms with Crippen LogP contribution in [0.4, 0.5) is 0 Å². The standard InChI is InChI=1S/C11H16ClNO2/c1-8(13)10-7-9(12)3-4-11(10)15-6-2-5-14/h3-4,7-8,14H,2,5-6,13H2,1H3/t8-/m0/s1. The molecule has 0 saturated heterocycles. The third-order valence-electron chi connectivity index (χ3n) is 2.02. The van der Waals surface area contributed by atoms with Gasteiger partial charge in [-0.15, -0.1) is 0 Å². The lowest BCUT2D eigenvalue weighted by Gasteiger charge is -2.14. The maximum Gasteiger partial charge on any atom is 0.124 e. The second-order valence-corrected chi connectivity index (χ2v) is 3.83. The number of hydrogen-bond acceptors (Lipinski definition) is 3. The monoisotopic (exact) mass is 229 g/mol. The van der Waals surface area contributed by atoms with Crippen molar-refractivity contribution in [1.82, 2.24) is 0 Å². The molecule has 0 heterocycles. The molecule has 4 heteroatoms. The molecule has 1 aromatic carbocycles. The number of hydrogen-bond donors (Lipinski definition) is 2. The van der Waals surface area contributed by atoms with E-state index < -0.39 is 0 Å². The molecule has 0 aromatic heterocycles. The Kier molecular flexibility index (Phi) is 4.88. The van der Waals surface area contributed by atoms with Crippen LogP contribution in [0.25, 0.3) is 0 Å². The molecule has 0 radical (unpaired) electrons. The summed E-state index contributed by atoms with van der Waals surface area (Å²) in [7, 11) is 0. The van der Waals surface area contributed by atoms with Crippen molar-refractivity contribution in [3.05, 3.63) is 28.8 Å². The highest BCUT2D eigenvalue weighted by molar-refractivity contribution is 6.30. The highest BCUT2D eigenvalue weighted by Crippen LogP contribution is 2.27. The summed E-state index contributed by atoms with van der Waals surface area (Å²) in [5.74, 6) is 0.739. The molecule has 3 N–H and O–H groups in total. The third kappa shape index (κ3) is 3.70. The first-order valence-electron chi connectivity index (χ1n) is 4.94. The lowest BCUT2D eigenvalue weighted by Crippen LogP contribution is -2.09. The Balaban J connectivity index is 2.77. The van der Waals surface area contributed by atoms with Crippen LogP contribution in [-0.4, -0.2) is 18.3 Å². The van der Waals surface area contributed by atoms with Crippen molar-refractivity contribution in [2.45, 2.75) is 19.4 Å². The molecule has 0 aliphatic heterocycles. The first-order valence-corrected chi connectivity index (χ1v) is 5.31. The summed E-state index contributed by atoms with van der Waals surface area (Å²) in [5, 5.41) is 9.29. The zero-order chi connectivity index (χ0) is 11.3. The van der Waals surface area contributed by atoms with E-state index >= 15 is 0 Å². The van der Waals surface area contributed by atoms with E-state index in [2.05, 4.69) is 0 Å². The van der Waals surface area contributed by atoms with Crippen molar-refractivity contribution in [3.63, 3.8) is 0 Å². The lowest BCUT2D eigenvalue weighted by atomic mass is 10.1. The Bertz CT molecular complexity index is 315. The second kappa shape index (κ2) is 5.95. The van der Waals surface area contributed by atoms with Crippen molar-refractivity contribution >= 4 is 11.6 Å². The van der Waals surface area contributed by atoms with Gasteiger partial charge in [0.1, 0.15) is 5.75 Å². The summed E-state index contributed by atoms with van der Waals surface area (Å²) in [4.78, 5) is 0. The number of rotatable bonds is 5. The fourth-order valence-corrected chi connectivity index (χ4v) is 1.43. The van der Waals surface area contributed by atoms with Crippen LogP contribution in [0.15, 0.2) is 18.2 Å². The third-order valence-corrected chi connectivity index (χ3v) is 2.26. The van der Waals surface area contributed by atoms with Gasteiger partial charge in [-0.25, -0.2) is 0 Å². The summed E-state index contributed by atoms with van der Waals surface area (Å²) in [5.41, 5.74) is 6.69. The molecule has 15 heavy (non-hydrogen) atoms. The van der Waals surface area contributed by atoms with Gasteiger partial charge in [-0.1, -0.05) is 11.6 Å². The maximum atomic E-state index is 8.64. The maximum absolute atomic E-state index is 8.64. The molecule has 0 saturated carbocycles. The zero-order valence-corrected chi connectivity index (χ0v) is 9.50. The van der Waals surface area contributed by atoms with Crippen molar-refractivity contribution < 1.29 is 9.84 Å². The minimum Gasteiger partial charge on any atom is -0.493 e. The molecule has 1 atom stereocenters. The summed E-state index contributed by atoms with van der Waals surface area (Å²) in [6, 6.07) is 5.26. The predicted octanol–water partition coefficient (Wildman–Crippen LogP) is 2.12. The Morgan fingerprint density at radius 1 is 1.53 bits per heavy atom. The van der Waals surface area contributed by atoms with Crippen molar-refractivity contribution in [2.24, 2.45) is 5.73 Å². The van der Waals surface area contributed by atoms with Gasteiger partial charge in [-0.2, -0.15) is 0 Å². The summed E-state index contributed by atoms with van der Waals surface area (Å²) in [6.45, 7) is 2.49. The van der Waals surface area contributed by atoms with Gasteiger partial charge in [0.15, 0.2) is 0 Å². The van der Waals surface area contributed by atoms with Crippen molar-refractivity contribution in [3.8, 4) is 5.75 Å².